The van der Waals surface area contributed by atoms with Crippen LogP contribution in [0, 0.1) is 0 Å². The van der Waals surface area contributed by atoms with Crippen LogP contribution in [0.25, 0.3) is 0 Å². The van der Waals surface area contributed by atoms with Gasteiger partial charge in [-0.1, -0.05) is 0 Å². The van der Waals surface area contributed by atoms with Crippen molar-refractivity contribution in [3.05, 3.63) is 11.1 Å². The molecule has 0 saturated heterocycles. The molecule has 0 aromatic carbocycles. The third-order valence-corrected chi connectivity index (χ3v) is 2.35. The van der Waals surface area contributed by atoms with Crippen molar-refractivity contribution in [1.82, 2.24) is 15.5 Å². The van der Waals surface area contributed by atoms with Gasteiger partial charge < -0.3 is 15.3 Å². The quantitative estimate of drug-likeness (QED) is 0.586. The monoisotopic (exact) mass is 271 g/mol. The van der Waals surface area contributed by atoms with Crippen molar-refractivity contribution in [2.45, 2.75) is 13.8 Å². The molecule has 0 aliphatic heterocycles. The van der Waals surface area contributed by atoms with E-state index < -0.39 is 17.9 Å². The zero-order chi connectivity index (χ0) is 15.2. The van der Waals surface area contributed by atoms with Crippen molar-refractivity contribution in [2.75, 3.05) is 20.6 Å². The Morgan fingerprint density at radius 3 is 2.00 bits per heavy atom. The van der Waals surface area contributed by atoms with E-state index in [4.69, 9.17) is 5.11 Å². The van der Waals surface area contributed by atoms with Crippen molar-refractivity contribution in [1.29, 1.82) is 0 Å². The minimum absolute atomic E-state index is 0.0819. The molecule has 0 aromatic rings. The van der Waals surface area contributed by atoms with E-state index in [0.29, 0.717) is 0 Å². The zero-order valence-electron chi connectivity index (χ0n) is 11.2. The Morgan fingerprint density at radius 2 is 1.58 bits per heavy atom. The standard InChI is InChI=1S/C11H17N3O5/c1-6(7(2)10(17)18)9(16)13-11(19)12-5-8(15)14(3)4/h5H2,1-4H3,(H,17,18)(H2,12,13,16,19). The molecule has 3 N–H and O–H groups in total. The van der Waals surface area contributed by atoms with Crippen LogP contribution < -0.4 is 10.6 Å². The van der Waals surface area contributed by atoms with Crippen LogP contribution in [-0.2, 0) is 14.4 Å². The predicted octanol–water partition coefficient (Wildman–Crippen LogP) is -0.679. The van der Waals surface area contributed by atoms with Crippen LogP contribution in [-0.4, -0.2) is 54.5 Å². The second kappa shape index (κ2) is 7.14. The van der Waals surface area contributed by atoms with Crippen molar-refractivity contribution in [2.24, 2.45) is 0 Å². The number of rotatable bonds is 4. The molecule has 106 valence electrons. The van der Waals surface area contributed by atoms with Crippen molar-refractivity contribution in [3.8, 4) is 0 Å². The number of hydrogen-bond donors (Lipinski definition) is 3. The van der Waals surface area contributed by atoms with Gasteiger partial charge >= 0.3 is 12.0 Å². The summed E-state index contributed by atoms with van der Waals surface area (Å²) in [5.74, 6) is -2.40. The number of aliphatic carboxylic acids is 1. The van der Waals surface area contributed by atoms with Crippen molar-refractivity contribution < 1.29 is 24.3 Å². The number of hydrogen-bond acceptors (Lipinski definition) is 4. The van der Waals surface area contributed by atoms with Crippen LogP contribution in [0.15, 0.2) is 11.1 Å². The summed E-state index contributed by atoms with van der Waals surface area (Å²) < 4.78 is 0. The van der Waals surface area contributed by atoms with Crippen molar-refractivity contribution >= 4 is 23.8 Å². The SMILES string of the molecule is CC(C(=O)O)=C(C)C(=O)NC(=O)NCC(=O)N(C)C. The molecule has 0 radical (unpaired) electrons. The number of nitrogens with one attached hydrogen (secondary N) is 2. The molecule has 0 aliphatic carbocycles. The number of amides is 4. The highest BCUT2D eigenvalue weighted by Gasteiger charge is 2.15. The van der Waals surface area contributed by atoms with Gasteiger partial charge in [-0.2, -0.15) is 0 Å². The first-order chi connectivity index (χ1) is 8.66. The number of nitrogens with zero attached hydrogens (tertiary/aromatic N) is 1. The molecule has 0 aromatic heterocycles. The largest absolute Gasteiger partial charge is 0.478 e. The van der Waals surface area contributed by atoms with Crippen LogP contribution in [0.4, 0.5) is 4.79 Å². The summed E-state index contributed by atoms with van der Waals surface area (Å²) in [6, 6.07) is -0.863. The van der Waals surface area contributed by atoms with E-state index in [-0.39, 0.29) is 23.6 Å². The van der Waals surface area contributed by atoms with E-state index >= 15 is 0 Å². The van der Waals surface area contributed by atoms with Gasteiger partial charge in [-0.15, -0.1) is 0 Å². The minimum atomic E-state index is -1.24. The molecular weight excluding hydrogens is 254 g/mol. The van der Waals surface area contributed by atoms with Gasteiger partial charge in [0, 0.05) is 25.2 Å². The number of carbonyl (C=O) groups excluding carboxylic acids is 3. The highest BCUT2D eigenvalue weighted by atomic mass is 16.4. The summed E-state index contributed by atoms with van der Waals surface area (Å²) in [5.41, 5.74) is -0.240. The fraction of sp³-hybridized carbons (Fsp3) is 0.455. The first-order valence-corrected chi connectivity index (χ1v) is 5.37. The lowest BCUT2D eigenvalue weighted by molar-refractivity contribution is -0.133. The molecule has 0 heterocycles. The Labute approximate surface area is 110 Å². The van der Waals surface area contributed by atoms with Gasteiger partial charge in [0.2, 0.25) is 5.91 Å². The fourth-order valence-electron chi connectivity index (χ4n) is 0.886. The lowest BCUT2D eigenvalue weighted by Crippen LogP contribution is -2.44. The molecule has 0 unspecified atom stereocenters. The average Bonchev–Trinajstić information content (AvgIpc) is 2.33. The van der Waals surface area contributed by atoms with E-state index in [1.54, 1.807) is 0 Å². The van der Waals surface area contributed by atoms with Crippen LogP contribution in [0.5, 0.6) is 0 Å². The number of carbonyl (C=O) groups is 4. The summed E-state index contributed by atoms with van der Waals surface area (Å²) in [4.78, 5) is 45.9. The molecule has 0 rings (SSSR count). The summed E-state index contributed by atoms with van der Waals surface area (Å²) in [5, 5.41) is 12.8. The normalized spacial score (nSPS) is 11.2. The molecule has 0 spiro atoms. The topological polar surface area (TPSA) is 116 Å². The van der Waals surface area contributed by atoms with Gasteiger partial charge in [0.1, 0.15) is 0 Å². The molecule has 0 bridgehead atoms. The molecule has 0 atom stereocenters. The summed E-state index contributed by atoms with van der Waals surface area (Å²) in [6.45, 7) is 2.29. The highest BCUT2D eigenvalue weighted by molar-refractivity contribution is 6.07. The lowest BCUT2D eigenvalue weighted by Gasteiger charge is -2.11. The maximum absolute atomic E-state index is 11.5. The number of carboxylic acid groups (broad SMARTS) is 1. The Kier molecular flexibility index (Phi) is 6.25. The van der Waals surface area contributed by atoms with Crippen molar-refractivity contribution in [3.63, 3.8) is 0 Å². The second-order valence-corrected chi connectivity index (χ2v) is 3.98. The first-order valence-electron chi connectivity index (χ1n) is 5.37. The van der Waals surface area contributed by atoms with E-state index in [1.807, 2.05) is 5.32 Å². The Bertz CT molecular complexity index is 440. The van der Waals surface area contributed by atoms with Gasteiger partial charge in [0.05, 0.1) is 6.54 Å². The number of urea groups is 1. The highest BCUT2D eigenvalue weighted by Crippen LogP contribution is 2.02. The molecule has 0 aliphatic rings. The Hall–Kier alpha value is -2.38. The summed E-state index contributed by atoms with van der Waals surface area (Å²) in [6.07, 6.45) is 0. The van der Waals surface area contributed by atoms with E-state index in [2.05, 4.69) is 5.32 Å². The van der Waals surface area contributed by atoms with Gasteiger partial charge in [-0.05, 0) is 13.8 Å². The molecular formula is C11H17N3O5. The third-order valence-electron chi connectivity index (χ3n) is 2.35. The van der Waals surface area contributed by atoms with Gasteiger partial charge in [-0.3, -0.25) is 14.9 Å². The first kappa shape index (κ1) is 16.6. The average molecular weight is 271 g/mol. The van der Waals surface area contributed by atoms with Gasteiger partial charge in [0.15, 0.2) is 0 Å². The zero-order valence-corrected chi connectivity index (χ0v) is 11.2. The van der Waals surface area contributed by atoms with E-state index in [9.17, 15) is 19.2 Å². The molecule has 8 nitrogen and oxygen atoms in total. The lowest BCUT2D eigenvalue weighted by atomic mass is 10.1. The third kappa shape index (κ3) is 5.66. The van der Waals surface area contributed by atoms with Gasteiger partial charge in [-0.25, -0.2) is 9.59 Å². The molecule has 0 fully saturated rings. The Morgan fingerprint density at radius 1 is 1.05 bits per heavy atom. The molecule has 8 heteroatoms. The smallest absolute Gasteiger partial charge is 0.331 e. The number of likely N-dealkylation sites (N-methyl/N-ethyl adjacent to an activating group) is 1. The summed E-state index contributed by atoms with van der Waals surface area (Å²) >= 11 is 0. The number of imide groups is 1. The van der Waals surface area contributed by atoms with Crippen LogP contribution in [0.2, 0.25) is 0 Å². The molecule has 0 saturated carbocycles. The molecule has 19 heavy (non-hydrogen) atoms. The van der Waals surface area contributed by atoms with E-state index in [0.717, 1.165) is 0 Å². The fourth-order valence-corrected chi connectivity index (χ4v) is 0.886. The van der Waals surface area contributed by atoms with Crippen LogP contribution >= 0.6 is 0 Å². The minimum Gasteiger partial charge on any atom is -0.478 e. The van der Waals surface area contributed by atoms with Gasteiger partial charge in [0.25, 0.3) is 5.91 Å². The number of carboxylic acids is 1. The summed E-state index contributed by atoms with van der Waals surface area (Å²) in [7, 11) is 3.05. The Balaban J connectivity index is 4.43. The van der Waals surface area contributed by atoms with Crippen LogP contribution in [0.1, 0.15) is 13.8 Å². The maximum atomic E-state index is 11.5. The van der Waals surface area contributed by atoms with Crippen LogP contribution in [0.3, 0.4) is 0 Å². The maximum Gasteiger partial charge on any atom is 0.331 e. The molecule has 4 amide bonds. The van der Waals surface area contributed by atoms with E-state index in [1.165, 1.54) is 32.8 Å². The predicted molar refractivity (Wildman–Crippen MR) is 66.2 cm³/mol. The second-order valence-electron chi connectivity index (χ2n) is 3.98.